The predicted molar refractivity (Wildman–Crippen MR) is 141 cm³/mol. The fraction of sp³-hybridized carbons (Fsp3) is 0.321. The van der Waals surface area contributed by atoms with Crippen LogP contribution < -0.4 is 5.56 Å². The van der Waals surface area contributed by atoms with Crippen molar-refractivity contribution in [1.82, 2.24) is 19.0 Å². The number of carbonyl (C=O) groups is 1. The fourth-order valence-corrected chi connectivity index (χ4v) is 5.25. The van der Waals surface area contributed by atoms with E-state index in [9.17, 15) is 27.9 Å². The molecule has 7 nitrogen and oxygen atoms in total. The predicted octanol–water partition coefficient (Wildman–Crippen LogP) is 4.85. The molecule has 1 aliphatic heterocycles. The Morgan fingerprint density at radius 3 is 2.46 bits per heavy atom. The van der Waals surface area contributed by atoms with Crippen molar-refractivity contribution in [3.05, 3.63) is 93.6 Å². The molecular formula is C28H26ClF3N4O3. The third-order valence-corrected chi connectivity index (χ3v) is 7.43. The normalized spacial score (nSPS) is 15.6. The van der Waals surface area contributed by atoms with Gasteiger partial charge < -0.3 is 10.0 Å². The first kappa shape index (κ1) is 27.0. The number of rotatable bonds is 6. The zero-order valence-corrected chi connectivity index (χ0v) is 21.6. The highest BCUT2D eigenvalue weighted by atomic mass is 35.5. The molecule has 0 unspecified atom stereocenters. The van der Waals surface area contributed by atoms with Gasteiger partial charge in [-0.1, -0.05) is 48.0 Å². The molecule has 1 N–H and O–H groups in total. The number of aliphatic hydroxyl groups is 1. The summed E-state index contributed by atoms with van der Waals surface area (Å²) >= 11 is 6.33. The van der Waals surface area contributed by atoms with Crippen molar-refractivity contribution < 1.29 is 23.1 Å². The summed E-state index contributed by atoms with van der Waals surface area (Å²) in [5.41, 5.74) is -1.21. The molecule has 0 radical (unpaired) electrons. The highest BCUT2D eigenvalue weighted by Gasteiger charge is 2.35. The van der Waals surface area contributed by atoms with Crippen molar-refractivity contribution in [2.24, 2.45) is 0 Å². The molecule has 0 saturated carbocycles. The van der Waals surface area contributed by atoms with Crippen molar-refractivity contribution in [1.29, 1.82) is 0 Å². The van der Waals surface area contributed by atoms with Gasteiger partial charge in [-0.2, -0.15) is 13.2 Å². The summed E-state index contributed by atoms with van der Waals surface area (Å²) in [6.07, 6.45) is -1.67. The minimum absolute atomic E-state index is 0.0201. The van der Waals surface area contributed by atoms with Gasteiger partial charge in [-0.15, -0.1) is 0 Å². The Labute approximate surface area is 227 Å². The van der Waals surface area contributed by atoms with Crippen LogP contribution in [0.1, 0.15) is 30.4 Å². The molecule has 5 rings (SSSR count). The number of amides is 1. The van der Waals surface area contributed by atoms with Crippen molar-refractivity contribution in [2.45, 2.75) is 44.0 Å². The Morgan fingerprint density at radius 1 is 1.05 bits per heavy atom. The Kier molecular flexibility index (Phi) is 7.26. The molecule has 0 bridgehead atoms. The van der Waals surface area contributed by atoms with Crippen LogP contribution in [0, 0.1) is 0 Å². The zero-order chi connectivity index (χ0) is 27.8. The van der Waals surface area contributed by atoms with Crippen molar-refractivity contribution in [2.75, 3.05) is 13.1 Å². The van der Waals surface area contributed by atoms with Crippen LogP contribution in [0.25, 0.3) is 16.7 Å². The van der Waals surface area contributed by atoms with Gasteiger partial charge in [-0.3, -0.25) is 18.7 Å². The highest BCUT2D eigenvalue weighted by Crippen LogP contribution is 2.32. The number of carbonyl (C=O) groups excluding carboxylic acids is 1. The first-order valence-corrected chi connectivity index (χ1v) is 12.9. The Hall–Kier alpha value is -3.63. The van der Waals surface area contributed by atoms with Crippen LogP contribution in [0.5, 0.6) is 0 Å². The van der Waals surface area contributed by atoms with Crippen molar-refractivity contribution >= 4 is 28.5 Å². The summed E-state index contributed by atoms with van der Waals surface area (Å²) in [6, 6.07) is 15.7. The van der Waals surface area contributed by atoms with E-state index in [-0.39, 0.29) is 34.3 Å². The SMILES string of the molecule is O=C(CCc1ccccc1)N1CCC(O)(Cn2cnc3c(cc(Cl)n3-c3cccc(C(F)(F)F)c3)c2=O)CC1. The maximum atomic E-state index is 13.3. The second-order valence-electron chi connectivity index (χ2n) is 9.86. The van der Waals surface area contributed by atoms with Gasteiger partial charge in [-0.05, 0) is 49.1 Å². The lowest BCUT2D eigenvalue weighted by Crippen LogP contribution is -2.49. The summed E-state index contributed by atoms with van der Waals surface area (Å²) in [5, 5.41) is 11.4. The van der Waals surface area contributed by atoms with Gasteiger partial charge in [0.2, 0.25) is 5.91 Å². The average molecular weight is 559 g/mol. The molecule has 2 aromatic carbocycles. The van der Waals surface area contributed by atoms with Crippen LogP contribution in [-0.4, -0.2) is 48.7 Å². The van der Waals surface area contributed by atoms with Gasteiger partial charge in [0.1, 0.15) is 11.5 Å². The molecule has 0 spiro atoms. The number of benzene rings is 2. The molecule has 0 atom stereocenters. The molecule has 39 heavy (non-hydrogen) atoms. The lowest BCUT2D eigenvalue weighted by Gasteiger charge is -2.38. The second-order valence-corrected chi connectivity index (χ2v) is 10.2. The van der Waals surface area contributed by atoms with E-state index >= 15 is 0 Å². The smallest absolute Gasteiger partial charge is 0.388 e. The number of hydrogen-bond acceptors (Lipinski definition) is 4. The van der Waals surface area contributed by atoms with E-state index in [1.165, 1.54) is 33.7 Å². The largest absolute Gasteiger partial charge is 0.416 e. The fourth-order valence-electron chi connectivity index (χ4n) is 4.97. The van der Waals surface area contributed by atoms with E-state index in [4.69, 9.17) is 11.6 Å². The van der Waals surface area contributed by atoms with E-state index in [1.807, 2.05) is 30.3 Å². The second kappa shape index (κ2) is 10.5. The molecule has 1 saturated heterocycles. The molecule has 2 aromatic heterocycles. The van der Waals surface area contributed by atoms with E-state index in [0.29, 0.717) is 38.8 Å². The monoisotopic (exact) mass is 558 g/mol. The van der Waals surface area contributed by atoms with E-state index in [1.54, 1.807) is 4.90 Å². The van der Waals surface area contributed by atoms with Crippen LogP contribution in [0.4, 0.5) is 13.2 Å². The lowest BCUT2D eigenvalue weighted by molar-refractivity contribution is -0.138. The molecule has 3 heterocycles. The van der Waals surface area contributed by atoms with Crippen molar-refractivity contribution in [3.63, 3.8) is 0 Å². The van der Waals surface area contributed by atoms with Gasteiger partial charge in [-0.25, -0.2) is 4.98 Å². The highest BCUT2D eigenvalue weighted by molar-refractivity contribution is 6.31. The average Bonchev–Trinajstić information content (AvgIpc) is 3.26. The van der Waals surface area contributed by atoms with Crippen LogP contribution in [0.3, 0.4) is 0 Å². The number of nitrogens with zero attached hydrogens (tertiary/aromatic N) is 4. The van der Waals surface area contributed by atoms with Gasteiger partial charge in [0.15, 0.2) is 5.65 Å². The first-order valence-electron chi connectivity index (χ1n) is 12.5. The summed E-state index contributed by atoms with van der Waals surface area (Å²) in [6.45, 7) is 0.700. The summed E-state index contributed by atoms with van der Waals surface area (Å²) in [5.74, 6) is 0.0201. The zero-order valence-electron chi connectivity index (χ0n) is 20.9. The summed E-state index contributed by atoms with van der Waals surface area (Å²) < 4.78 is 42.2. The molecule has 0 aliphatic carbocycles. The summed E-state index contributed by atoms with van der Waals surface area (Å²) in [7, 11) is 0. The molecule has 1 amide bonds. The molecule has 4 aromatic rings. The number of piperidine rings is 1. The molecule has 204 valence electrons. The number of fused-ring (bicyclic) bond motifs is 1. The molecule has 1 aliphatic rings. The van der Waals surface area contributed by atoms with Crippen LogP contribution in [0.2, 0.25) is 5.15 Å². The van der Waals surface area contributed by atoms with Gasteiger partial charge in [0, 0.05) is 25.2 Å². The van der Waals surface area contributed by atoms with Crippen LogP contribution >= 0.6 is 11.6 Å². The standard InChI is InChI=1S/C28H26ClF3N4O3/c29-23-16-22-25(36(23)21-8-4-7-20(15-21)28(30,31)32)33-18-35(26(22)38)17-27(39)11-13-34(14-12-27)24(37)10-9-19-5-2-1-3-6-19/h1-8,15-16,18,39H,9-14,17H2. The Balaban J connectivity index is 1.30. The number of aromatic nitrogens is 3. The topological polar surface area (TPSA) is 80.4 Å². The quantitative estimate of drug-likeness (QED) is 0.367. The number of likely N-dealkylation sites (tertiary alicyclic amines) is 1. The Morgan fingerprint density at radius 2 is 1.77 bits per heavy atom. The number of hydrogen-bond donors (Lipinski definition) is 1. The van der Waals surface area contributed by atoms with Gasteiger partial charge in [0.05, 0.1) is 23.1 Å². The molecule has 11 heteroatoms. The van der Waals surface area contributed by atoms with E-state index in [2.05, 4.69) is 4.98 Å². The molecular weight excluding hydrogens is 533 g/mol. The Bertz CT molecular complexity index is 1560. The third kappa shape index (κ3) is 5.72. The first-order chi connectivity index (χ1) is 18.5. The lowest BCUT2D eigenvalue weighted by atomic mass is 9.91. The maximum Gasteiger partial charge on any atom is 0.416 e. The third-order valence-electron chi connectivity index (χ3n) is 7.15. The minimum Gasteiger partial charge on any atom is -0.388 e. The van der Waals surface area contributed by atoms with Crippen LogP contribution in [-0.2, 0) is 23.9 Å². The minimum atomic E-state index is -4.54. The van der Waals surface area contributed by atoms with Gasteiger partial charge in [0.25, 0.3) is 5.56 Å². The van der Waals surface area contributed by atoms with Crippen molar-refractivity contribution in [3.8, 4) is 5.69 Å². The number of alkyl halides is 3. The van der Waals surface area contributed by atoms with E-state index in [0.717, 1.165) is 17.7 Å². The summed E-state index contributed by atoms with van der Waals surface area (Å²) in [4.78, 5) is 32.0. The molecule has 1 fully saturated rings. The number of halogens is 4. The van der Waals surface area contributed by atoms with Crippen LogP contribution in [0.15, 0.2) is 71.8 Å². The maximum absolute atomic E-state index is 13.3. The van der Waals surface area contributed by atoms with E-state index < -0.39 is 22.9 Å². The number of aryl methyl sites for hydroxylation is 1. The van der Waals surface area contributed by atoms with Gasteiger partial charge >= 0.3 is 6.18 Å².